The standard InChI is InChI=1S/C13H26BrN/c1-3-12(9-14)10-15(2)11-13-7-5-4-6-8-13/h12-13H,3-11H2,1-2H3. The molecule has 0 aliphatic heterocycles. The van der Waals surface area contributed by atoms with Gasteiger partial charge in [0, 0.05) is 18.4 Å². The Hall–Kier alpha value is 0.440. The average molecular weight is 276 g/mol. The van der Waals surface area contributed by atoms with Gasteiger partial charge in [-0.15, -0.1) is 0 Å². The van der Waals surface area contributed by atoms with Gasteiger partial charge >= 0.3 is 0 Å². The van der Waals surface area contributed by atoms with Gasteiger partial charge in [0.15, 0.2) is 0 Å². The summed E-state index contributed by atoms with van der Waals surface area (Å²) in [6.45, 7) is 4.88. The molecular formula is C13H26BrN. The van der Waals surface area contributed by atoms with Crippen LogP contribution in [0.1, 0.15) is 45.4 Å². The zero-order valence-corrected chi connectivity index (χ0v) is 11.9. The van der Waals surface area contributed by atoms with E-state index in [1.165, 1.54) is 51.6 Å². The summed E-state index contributed by atoms with van der Waals surface area (Å²) in [4.78, 5) is 2.55. The molecule has 0 spiro atoms. The minimum atomic E-state index is 0.832. The monoisotopic (exact) mass is 275 g/mol. The largest absolute Gasteiger partial charge is 0.306 e. The first-order chi connectivity index (χ1) is 7.26. The van der Waals surface area contributed by atoms with E-state index < -0.39 is 0 Å². The Morgan fingerprint density at radius 2 is 1.93 bits per heavy atom. The van der Waals surface area contributed by atoms with E-state index in [1.807, 2.05) is 0 Å². The van der Waals surface area contributed by atoms with Crippen LogP contribution in [0, 0.1) is 11.8 Å². The molecule has 0 radical (unpaired) electrons. The van der Waals surface area contributed by atoms with Crippen LogP contribution in [0.5, 0.6) is 0 Å². The van der Waals surface area contributed by atoms with Crippen LogP contribution in [0.3, 0.4) is 0 Å². The smallest absolute Gasteiger partial charge is 0.00717 e. The van der Waals surface area contributed by atoms with Crippen molar-refractivity contribution >= 4 is 15.9 Å². The second-order valence-electron chi connectivity index (χ2n) is 5.15. The highest BCUT2D eigenvalue weighted by Gasteiger charge is 2.16. The normalized spacial score (nSPS) is 20.8. The molecule has 2 heteroatoms. The lowest BCUT2D eigenvalue weighted by atomic mass is 9.89. The van der Waals surface area contributed by atoms with E-state index in [2.05, 4.69) is 34.8 Å². The maximum atomic E-state index is 3.60. The Balaban J connectivity index is 2.18. The van der Waals surface area contributed by atoms with Crippen molar-refractivity contribution in [2.45, 2.75) is 45.4 Å². The van der Waals surface area contributed by atoms with Gasteiger partial charge in [0.05, 0.1) is 0 Å². The molecule has 1 fully saturated rings. The maximum Gasteiger partial charge on any atom is 0.00717 e. The molecule has 0 heterocycles. The fraction of sp³-hybridized carbons (Fsp3) is 1.00. The zero-order chi connectivity index (χ0) is 11.1. The van der Waals surface area contributed by atoms with Crippen molar-refractivity contribution in [1.29, 1.82) is 0 Å². The lowest BCUT2D eigenvalue weighted by molar-refractivity contribution is 0.212. The van der Waals surface area contributed by atoms with Crippen molar-refractivity contribution in [3.05, 3.63) is 0 Å². The summed E-state index contributed by atoms with van der Waals surface area (Å²) >= 11 is 3.60. The van der Waals surface area contributed by atoms with Gasteiger partial charge in [-0.2, -0.15) is 0 Å². The molecule has 1 atom stereocenters. The van der Waals surface area contributed by atoms with Gasteiger partial charge in [0.25, 0.3) is 0 Å². The van der Waals surface area contributed by atoms with Gasteiger partial charge in [-0.3, -0.25) is 0 Å². The highest BCUT2D eigenvalue weighted by Crippen LogP contribution is 2.24. The van der Waals surface area contributed by atoms with Gasteiger partial charge in [-0.25, -0.2) is 0 Å². The topological polar surface area (TPSA) is 3.24 Å². The lowest BCUT2D eigenvalue weighted by Gasteiger charge is -2.28. The Kier molecular flexibility index (Phi) is 6.91. The highest BCUT2D eigenvalue weighted by molar-refractivity contribution is 9.09. The van der Waals surface area contributed by atoms with Crippen molar-refractivity contribution in [2.24, 2.45) is 11.8 Å². The number of rotatable bonds is 6. The molecular weight excluding hydrogens is 250 g/mol. The number of halogens is 1. The molecule has 0 aromatic heterocycles. The minimum absolute atomic E-state index is 0.832. The Labute approximate surface area is 104 Å². The molecule has 1 unspecified atom stereocenters. The molecule has 1 nitrogen and oxygen atoms in total. The van der Waals surface area contributed by atoms with Crippen molar-refractivity contribution in [3.8, 4) is 0 Å². The number of hydrogen-bond donors (Lipinski definition) is 0. The predicted molar refractivity (Wildman–Crippen MR) is 71.6 cm³/mol. The summed E-state index contributed by atoms with van der Waals surface area (Å²) in [7, 11) is 2.29. The predicted octanol–water partition coefficient (Wildman–Crippen LogP) is 3.92. The Morgan fingerprint density at radius 1 is 1.27 bits per heavy atom. The average Bonchev–Trinajstić information content (AvgIpc) is 2.27. The summed E-state index contributed by atoms with van der Waals surface area (Å²) in [6, 6.07) is 0. The van der Waals surface area contributed by atoms with Gasteiger partial charge < -0.3 is 4.90 Å². The second-order valence-corrected chi connectivity index (χ2v) is 5.80. The molecule has 1 aliphatic rings. The third-order valence-electron chi connectivity index (χ3n) is 3.66. The second kappa shape index (κ2) is 7.67. The summed E-state index contributed by atoms with van der Waals surface area (Å²) in [5.74, 6) is 1.81. The summed E-state index contributed by atoms with van der Waals surface area (Å²) < 4.78 is 0. The maximum absolute atomic E-state index is 3.60. The third kappa shape index (κ3) is 5.35. The van der Waals surface area contributed by atoms with Crippen molar-refractivity contribution in [3.63, 3.8) is 0 Å². The molecule has 1 aliphatic carbocycles. The van der Waals surface area contributed by atoms with E-state index in [1.54, 1.807) is 0 Å². The van der Waals surface area contributed by atoms with Crippen LogP contribution in [-0.2, 0) is 0 Å². The van der Waals surface area contributed by atoms with Crippen LogP contribution < -0.4 is 0 Å². The molecule has 0 saturated heterocycles. The lowest BCUT2D eigenvalue weighted by Crippen LogP contribution is -2.31. The summed E-state index contributed by atoms with van der Waals surface area (Å²) in [5, 5.41) is 1.15. The number of alkyl halides is 1. The van der Waals surface area contributed by atoms with Crippen LogP contribution in [0.2, 0.25) is 0 Å². The van der Waals surface area contributed by atoms with E-state index in [0.29, 0.717) is 0 Å². The molecule has 15 heavy (non-hydrogen) atoms. The zero-order valence-electron chi connectivity index (χ0n) is 10.3. The molecule has 1 saturated carbocycles. The quantitative estimate of drug-likeness (QED) is 0.665. The molecule has 0 aromatic carbocycles. The SMILES string of the molecule is CCC(CBr)CN(C)CC1CCCCC1. The molecule has 1 rings (SSSR count). The molecule has 0 aromatic rings. The van der Waals surface area contributed by atoms with Crippen molar-refractivity contribution < 1.29 is 0 Å². The van der Waals surface area contributed by atoms with Crippen LogP contribution >= 0.6 is 15.9 Å². The Morgan fingerprint density at radius 3 is 2.47 bits per heavy atom. The first-order valence-electron chi connectivity index (χ1n) is 6.50. The van der Waals surface area contributed by atoms with Gasteiger partial charge in [-0.05, 0) is 31.7 Å². The van der Waals surface area contributed by atoms with Crippen LogP contribution in [-0.4, -0.2) is 30.4 Å². The first kappa shape index (κ1) is 13.5. The van der Waals surface area contributed by atoms with Gasteiger partial charge in [-0.1, -0.05) is 48.5 Å². The minimum Gasteiger partial charge on any atom is -0.306 e. The van der Waals surface area contributed by atoms with Gasteiger partial charge in [0.1, 0.15) is 0 Å². The molecule has 0 amide bonds. The van der Waals surface area contributed by atoms with Crippen molar-refractivity contribution in [1.82, 2.24) is 4.90 Å². The molecule has 0 bridgehead atoms. The van der Waals surface area contributed by atoms with Crippen LogP contribution in [0.25, 0.3) is 0 Å². The molecule has 90 valence electrons. The van der Waals surface area contributed by atoms with E-state index in [9.17, 15) is 0 Å². The Bertz CT molecular complexity index is 151. The highest BCUT2D eigenvalue weighted by atomic mass is 79.9. The molecule has 0 N–H and O–H groups in total. The first-order valence-corrected chi connectivity index (χ1v) is 7.62. The number of nitrogens with zero attached hydrogens (tertiary/aromatic N) is 1. The summed E-state index contributed by atoms with van der Waals surface area (Å²) in [6.07, 6.45) is 8.63. The van der Waals surface area contributed by atoms with E-state index in [4.69, 9.17) is 0 Å². The van der Waals surface area contributed by atoms with E-state index in [-0.39, 0.29) is 0 Å². The fourth-order valence-electron chi connectivity index (χ4n) is 2.61. The van der Waals surface area contributed by atoms with Crippen LogP contribution in [0.4, 0.5) is 0 Å². The number of hydrogen-bond acceptors (Lipinski definition) is 1. The fourth-order valence-corrected chi connectivity index (χ4v) is 3.28. The van der Waals surface area contributed by atoms with E-state index in [0.717, 1.165) is 17.2 Å². The summed E-state index contributed by atoms with van der Waals surface area (Å²) in [5.41, 5.74) is 0. The van der Waals surface area contributed by atoms with Crippen molar-refractivity contribution in [2.75, 3.05) is 25.5 Å². The van der Waals surface area contributed by atoms with E-state index >= 15 is 0 Å². The van der Waals surface area contributed by atoms with Gasteiger partial charge in [0.2, 0.25) is 0 Å². The third-order valence-corrected chi connectivity index (χ3v) is 4.58. The van der Waals surface area contributed by atoms with Crippen LogP contribution in [0.15, 0.2) is 0 Å².